The lowest BCUT2D eigenvalue weighted by Crippen LogP contribution is -2.59. The maximum absolute atomic E-state index is 12.6. The summed E-state index contributed by atoms with van der Waals surface area (Å²) in [4.78, 5) is 26.4. The molecule has 0 aliphatic carbocycles. The van der Waals surface area contributed by atoms with Gasteiger partial charge in [0.1, 0.15) is 17.3 Å². The van der Waals surface area contributed by atoms with Crippen LogP contribution < -0.4 is 15.0 Å². The Labute approximate surface area is 130 Å². The molecule has 0 radical (unpaired) electrons. The number of nitrogens with zero attached hydrogens (tertiary/aromatic N) is 1. The van der Waals surface area contributed by atoms with Gasteiger partial charge in [0, 0.05) is 6.07 Å². The summed E-state index contributed by atoms with van der Waals surface area (Å²) < 4.78 is 10.3. The lowest BCUT2D eigenvalue weighted by molar-refractivity contribution is -0.149. The van der Waals surface area contributed by atoms with Crippen LogP contribution >= 0.6 is 0 Å². The van der Waals surface area contributed by atoms with Gasteiger partial charge in [0.25, 0.3) is 0 Å². The number of hydrogen-bond donors (Lipinski definition) is 1. The predicted molar refractivity (Wildman–Crippen MR) is 84.3 cm³/mol. The molecule has 1 aliphatic rings. The van der Waals surface area contributed by atoms with Gasteiger partial charge in [0.15, 0.2) is 0 Å². The highest BCUT2D eigenvalue weighted by atomic mass is 16.5. The zero-order valence-corrected chi connectivity index (χ0v) is 13.6. The van der Waals surface area contributed by atoms with Crippen LogP contribution in [0.1, 0.15) is 27.7 Å². The minimum atomic E-state index is -1.09. The van der Waals surface area contributed by atoms with E-state index in [0.717, 1.165) is 5.69 Å². The lowest BCUT2D eigenvalue weighted by atomic mass is 9.97. The molecule has 0 bridgehead atoms. The minimum Gasteiger partial charge on any atom is -0.497 e. The van der Waals surface area contributed by atoms with Crippen LogP contribution in [0.25, 0.3) is 0 Å². The minimum absolute atomic E-state index is 0.171. The Balaban J connectivity index is 2.51. The van der Waals surface area contributed by atoms with Crippen molar-refractivity contribution in [3.63, 3.8) is 0 Å². The van der Waals surface area contributed by atoms with Crippen molar-refractivity contribution in [2.24, 2.45) is 0 Å². The van der Waals surface area contributed by atoms with Gasteiger partial charge in [-0.05, 0) is 39.8 Å². The van der Waals surface area contributed by atoms with Crippen molar-refractivity contribution in [3.05, 3.63) is 18.2 Å². The first-order chi connectivity index (χ1) is 10.3. The molecule has 1 aromatic rings. The second-order valence-electron chi connectivity index (χ2n) is 5.70. The average molecular weight is 306 g/mol. The standard InChI is InChI=1S/C16H22N2O4/c1-6-22-15(20)16(3,4)18-13-8-7-11(21-5)9-12(13)17-10(2)14(18)19/h7-10,17H,6H2,1-5H3. The molecule has 1 aromatic carbocycles. The number of carbonyl (C=O) groups excluding carboxylic acids is 2. The van der Waals surface area contributed by atoms with E-state index in [1.807, 2.05) is 6.07 Å². The van der Waals surface area contributed by atoms with Crippen molar-refractivity contribution in [2.45, 2.75) is 39.3 Å². The van der Waals surface area contributed by atoms with E-state index < -0.39 is 17.6 Å². The van der Waals surface area contributed by atoms with E-state index in [1.54, 1.807) is 46.9 Å². The summed E-state index contributed by atoms with van der Waals surface area (Å²) in [6, 6.07) is 4.91. The van der Waals surface area contributed by atoms with Crippen LogP contribution in [0.3, 0.4) is 0 Å². The molecule has 6 nitrogen and oxygen atoms in total. The molecule has 1 N–H and O–H groups in total. The Morgan fingerprint density at radius 2 is 2.09 bits per heavy atom. The SMILES string of the molecule is CCOC(=O)C(C)(C)N1C(=O)C(C)Nc2cc(OC)ccc21. The van der Waals surface area contributed by atoms with Crippen molar-refractivity contribution in [2.75, 3.05) is 23.9 Å². The van der Waals surface area contributed by atoms with Crippen LogP contribution in [0.15, 0.2) is 18.2 Å². The van der Waals surface area contributed by atoms with Gasteiger partial charge in [-0.25, -0.2) is 4.79 Å². The molecule has 1 heterocycles. The van der Waals surface area contributed by atoms with E-state index in [0.29, 0.717) is 11.4 Å². The van der Waals surface area contributed by atoms with E-state index in [4.69, 9.17) is 9.47 Å². The fourth-order valence-electron chi connectivity index (χ4n) is 2.54. The molecule has 0 saturated heterocycles. The zero-order chi connectivity index (χ0) is 16.5. The highest BCUT2D eigenvalue weighted by molar-refractivity contribution is 6.09. The van der Waals surface area contributed by atoms with Gasteiger partial charge in [-0.15, -0.1) is 0 Å². The molecule has 2 rings (SSSR count). The van der Waals surface area contributed by atoms with Crippen molar-refractivity contribution >= 4 is 23.3 Å². The van der Waals surface area contributed by atoms with Gasteiger partial charge in [-0.3, -0.25) is 9.69 Å². The number of carbonyl (C=O) groups is 2. The quantitative estimate of drug-likeness (QED) is 0.864. The van der Waals surface area contributed by atoms with Gasteiger partial charge >= 0.3 is 5.97 Å². The van der Waals surface area contributed by atoms with Crippen LogP contribution in [0.5, 0.6) is 5.75 Å². The smallest absolute Gasteiger partial charge is 0.331 e. The molecule has 1 unspecified atom stereocenters. The number of rotatable bonds is 4. The highest BCUT2D eigenvalue weighted by Crippen LogP contribution is 2.38. The Bertz CT molecular complexity index is 598. The molecule has 0 aromatic heterocycles. The normalized spacial score (nSPS) is 17.6. The Kier molecular flexibility index (Phi) is 4.30. The molecular weight excluding hydrogens is 284 g/mol. The van der Waals surface area contributed by atoms with E-state index in [2.05, 4.69) is 5.32 Å². The molecule has 1 atom stereocenters. The number of nitrogens with one attached hydrogen (secondary N) is 1. The summed E-state index contributed by atoms with van der Waals surface area (Å²) in [5.41, 5.74) is 0.304. The Morgan fingerprint density at radius 1 is 1.41 bits per heavy atom. The Hall–Kier alpha value is -2.24. The number of fused-ring (bicyclic) bond motifs is 1. The number of amides is 1. The molecule has 0 fully saturated rings. The van der Waals surface area contributed by atoms with Gasteiger partial charge in [0.2, 0.25) is 5.91 Å². The van der Waals surface area contributed by atoms with E-state index in [-0.39, 0.29) is 12.5 Å². The monoisotopic (exact) mass is 306 g/mol. The molecule has 22 heavy (non-hydrogen) atoms. The van der Waals surface area contributed by atoms with Crippen molar-refractivity contribution in [3.8, 4) is 5.75 Å². The average Bonchev–Trinajstić information content (AvgIpc) is 2.48. The highest BCUT2D eigenvalue weighted by Gasteiger charge is 2.44. The molecular formula is C16H22N2O4. The maximum atomic E-state index is 12.6. The first kappa shape index (κ1) is 16.1. The number of ether oxygens (including phenoxy) is 2. The van der Waals surface area contributed by atoms with Gasteiger partial charge in [-0.2, -0.15) is 0 Å². The van der Waals surface area contributed by atoms with Crippen molar-refractivity contribution < 1.29 is 19.1 Å². The van der Waals surface area contributed by atoms with Crippen LogP contribution in [0, 0.1) is 0 Å². The maximum Gasteiger partial charge on any atom is 0.331 e. The van der Waals surface area contributed by atoms with E-state index in [1.165, 1.54) is 4.90 Å². The number of methoxy groups -OCH3 is 1. The fraction of sp³-hybridized carbons (Fsp3) is 0.500. The summed E-state index contributed by atoms with van der Waals surface area (Å²) in [5, 5.41) is 3.13. The second-order valence-corrected chi connectivity index (χ2v) is 5.70. The molecule has 6 heteroatoms. The van der Waals surface area contributed by atoms with Crippen molar-refractivity contribution in [1.82, 2.24) is 0 Å². The molecule has 0 saturated carbocycles. The third-order valence-corrected chi connectivity index (χ3v) is 3.74. The molecule has 120 valence electrons. The number of anilines is 2. The van der Waals surface area contributed by atoms with Crippen LogP contribution in [0.2, 0.25) is 0 Å². The van der Waals surface area contributed by atoms with Gasteiger partial charge in [0.05, 0.1) is 25.1 Å². The third kappa shape index (κ3) is 2.61. The summed E-state index contributed by atoms with van der Waals surface area (Å²) in [7, 11) is 1.58. The van der Waals surface area contributed by atoms with E-state index in [9.17, 15) is 9.59 Å². The third-order valence-electron chi connectivity index (χ3n) is 3.74. The Morgan fingerprint density at radius 3 is 2.68 bits per heavy atom. The predicted octanol–water partition coefficient (Wildman–Crippen LogP) is 2.18. The second kappa shape index (κ2) is 5.87. The lowest BCUT2D eigenvalue weighted by Gasteiger charge is -2.42. The molecule has 1 amide bonds. The first-order valence-corrected chi connectivity index (χ1v) is 7.28. The van der Waals surface area contributed by atoms with Crippen LogP contribution in [-0.4, -0.2) is 37.2 Å². The van der Waals surface area contributed by atoms with Crippen molar-refractivity contribution in [1.29, 1.82) is 0 Å². The topological polar surface area (TPSA) is 67.9 Å². The zero-order valence-electron chi connectivity index (χ0n) is 13.6. The molecule has 1 aliphatic heterocycles. The molecule has 0 spiro atoms. The van der Waals surface area contributed by atoms with Crippen LogP contribution in [0.4, 0.5) is 11.4 Å². The summed E-state index contributed by atoms with van der Waals surface area (Å²) in [5.74, 6) is 0.0802. The van der Waals surface area contributed by atoms with Crippen LogP contribution in [-0.2, 0) is 14.3 Å². The number of hydrogen-bond acceptors (Lipinski definition) is 5. The summed E-state index contributed by atoms with van der Waals surface area (Å²) >= 11 is 0. The van der Waals surface area contributed by atoms with E-state index >= 15 is 0 Å². The van der Waals surface area contributed by atoms with Gasteiger partial charge < -0.3 is 14.8 Å². The first-order valence-electron chi connectivity index (χ1n) is 7.28. The summed E-state index contributed by atoms with van der Waals surface area (Å²) in [6.07, 6.45) is 0. The number of esters is 1. The largest absolute Gasteiger partial charge is 0.497 e. The fourth-order valence-corrected chi connectivity index (χ4v) is 2.54. The number of benzene rings is 1. The van der Waals surface area contributed by atoms with Gasteiger partial charge in [-0.1, -0.05) is 0 Å². The summed E-state index contributed by atoms with van der Waals surface area (Å²) in [6.45, 7) is 7.16.